The number of aliphatic hydroxyl groups excluding tert-OH is 1. The van der Waals surface area contributed by atoms with Crippen LogP contribution in [0.3, 0.4) is 0 Å². The lowest BCUT2D eigenvalue weighted by molar-refractivity contribution is -0.146. The molecular weight excluding hydrogens is 671 g/mol. The van der Waals surface area contributed by atoms with Gasteiger partial charge in [-0.25, -0.2) is 0 Å². The minimum atomic E-state index is -2.78. The van der Waals surface area contributed by atoms with Crippen molar-refractivity contribution in [2.24, 2.45) is 5.92 Å². The molecule has 1 fully saturated rings. The van der Waals surface area contributed by atoms with Gasteiger partial charge in [-0.05, 0) is 71.4 Å². The van der Waals surface area contributed by atoms with Gasteiger partial charge >= 0.3 is 0 Å². The number of rotatable bonds is 9. The van der Waals surface area contributed by atoms with Crippen LogP contribution in [0.15, 0.2) is 85.1 Å². The minimum absolute atomic E-state index is 0.0664. The topological polar surface area (TPSA) is 101 Å². The predicted molar refractivity (Wildman–Crippen MR) is 176 cm³/mol. The Morgan fingerprint density at radius 2 is 1.77 bits per heavy atom. The number of benzene rings is 3. The Hall–Kier alpha value is -2.90. The summed E-state index contributed by atoms with van der Waals surface area (Å²) in [5.74, 6) is -0.552. The van der Waals surface area contributed by atoms with Gasteiger partial charge in [0.05, 0.1) is 36.6 Å². The standard InChI is InChI=1S/C33H37IN4O4Si/c1-22-31(43(2,3)41)30(16-17-37-20-28(35-36-37)26(21-39)24-12-8-5-9-13-24)42-33(22)27-18-25(34)14-15-29(27)38(32(33)40)19-23-10-6-4-7-11-23/h4-15,18,20,22,26,30-31,39,41H,16-17,19,21H2,1-3H3/t22-,26?,30+,31-,33+/m1/s1. The van der Waals surface area contributed by atoms with Crippen LogP contribution in [0.2, 0.25) is 18.6 Å². The Balaban J connectivity index is 1.30. The lowest BCUT2D eigenvalue weighted by Gasteiger charge is -2.32. The van der Waals surface area contributed by atoms with E-state index in [4.69, 9.17) is 4.74 Å². The summed E-state index contributed by atoms with van der Waals surface area (Å²) in [6, 6.07) is 25.9. The van der Waals surface area contributed by atoms with Crippen molar-refractivity contribution in [1.82, 2.24) is 15.0 Å². The molecule has 0 saturated carbocycles. The maximum atomic E-state index is 14.5. The first kappa shape index (κ1) is 30.1. The normalized spacial score (nSPS) is 24.1. The summed E-state index contributed by atoms with van der Waals surface area (Å²) in [5, 5.41) is 18.8. The van der Waals surface area contributed by atoms with Crippen LogP contribution in [-0.2, 0) is 28.2 Å². The van der Waals surface area contributed by atoms with Crippen LogP contribution in [0.5, 0.6) is 0 Å². The highest BCUT2D eigenvalue weighted by Crippen LogP contribution is 2.60. The van der Waals surface area contributed by atoms with Crippen LogP contribution in [0.25, 0.3) is 0 Å². The molecule has 6 rings (SSSR count). The Morgan fingerprint density at radius 1 is 1.07 bits per heavy atom. The van der Waals surface area contributed by atoms with Crippen molar-refractivity contribution >= 4 is 42.5 Å². The molecule has 0 radical (unpaired) electrons. The number of hydrogen-bond donors (Lipinski definition) is 2. The van der Waals surface area contributed by atoms with E-state index < -0.39 is 13.9 Å². The second-order valence-corrected chi connectivity index (χ2v) is 17.5. The zero-order valence-corrected chi connectivity index (χ0v) is 27.8. The van der Waals surface area contributed by atoms with Crippen LogP contribution >= 0.6 is 22.6 Å². The third kappa shape index (κ3) is 5.48. The SMILES string of the molecule is C[C@@H]1[C@@H]([Si](C)(C)O)[C@H](CCn2cc(C(CO)c3ccccc3)nn2)O[C@@]12C(=O)N(Cc1ccccc1)c1ccc(I)cc12. The molecule has 1 amide bonds. The summed E-state index contributed by atoms with van der Waals surface area (Å²) < 4.78 is 9.78. The number of carbonyl (C=O) groups is 1. The van der Waals surface area contributed by atoms with Crippen molar-refractivity contribution in [3.63, 3.8) is 0 Å². The van der Waals surface area contributed by atoms with Crippen molar-refractivity contribution in [3.8, 4) is 0 Å². The molecule has 1 unspecified atom stereocenters. The van der Waals surface area contributed by atoms with Crippen LogP contribution in [0.1, 0.15) is 41.6 Å². The third-order valence-electron chi connectivity index (χ3n) is 9.07. The zero-order chi connectivity index (χ0) is 30.4. The van der Waals surface area contributed by atoms with Crippen molar-refractivity contribution in [2.75, 3.05) is 11.5 Å². The number of halogens is 1. The van der Waals surface area contributed by atoms with Crippen molar-refractivity contribution in [2.45, 2.75) is 62.7 Å². The van der Waals surface area contributed by atoms with Crippen LogP contribution < -0.4 is 4.90 Å². The number of fused-ring (bicyclic) bond motifs is 2. The number of amides is 1. The average molecular weight is 709 g/mol. The second-order valence-electron chi connectivity index (χ2n) is 12.2. The van der Waals surface area contributed by atoms with E-state index in [1.54, 1.807) is 4.68 Å². The summed E-state index contributed by atoms with van der Waals surface area (Å²) in [6.45, 7) is 6.85. The van der Waals surface area contributed by atoms with Gasteiger partial charge in [0.2, 0.25) is 0 Å². The number of anilines is 1. The van der Waals surface area contributed by atoms with Crippen molar-refractivity contribution < 1.29 is 19.4 Å². The molecule has 1 spiro atoms. The molecule has 8 nitrogen and oxygen atoms in total. The molecule has 5 atom stereocenters. The van der Waals surface area contributed by atoms with E-state index in [9.17, 15) is 14.7 Å². The smallest absolute Gasteiger partial charge is 0.264 e. The van der Waals surface area contributed by atoms with E-state index in [0.29, 0.717) is 25.2 Å². The quantitative estimate of drug-likeness (QED) is 0.178. The van der Waals surface area contributed by atoms with Crippen molar-refractivity contribution in [1.29, 1.82) is 0 Å². The minimum Gasteiger partial charge on any atom is -0.432 e. The Bertz CT molecular complexity index is 1600. The third-order valence-corrected chi connectivity index (χ3v) is 12.2. The molecule has 0 aliphatic carbocycles. The molecule has 224 valence electrons. The van der Waals surface area contributed by atoms with Crippen molar-refractivity contribution in [3.05, 3.63) is 111 Å². The first-order valence-corrected chi connectivity index (χ1v) is 18.9. The Kier molecular flexibility index (Phi) is 8.33. The van der Waals surface area contributed by atoms with Gasteiger partial charge in [-0.3, -0.25) is 9.48 Å². The lowest BCUT2D eigenvalue weighted by Crippen LogP contribution is -2.46. The predicted octanol–water partition coefficient (Wildman–Crippen LogP) is 5.44. The summed E-state index contributed by atoms with van der Waals surface area (Å²) >= 11 is 2.29. The number of aryl methyl sites for hydroxylation is 1. The fourth-order valence-corrected chi connectivity index (χ4v) is 10.2. The largest absolute Gasteiger partial charge is 0.432 e. The van der Waals surface area contributed by atoms with Gasteiger partial charge < -0.3 is 19.5 Å². The van der Waals surface area contributed by atoms with Gasteiger partial charge in [0.25, 0.3) is 5.91 Å². The van der Waals surface area contributed by atoms with E-state index in [2.05, 4.69) is 45.9 Å². The van der Waals surface area contributed by atoms with Gasteiger partial charge in [0.1, 0.15) is 0 Å². The summed E-state index contributed by atoms with van der Waals surface area (Å²) in [5.41, 5.74) is 3.14. The highest BCUT2D eigenvalue weighted by molar-refractivity contribution is 14.1. The fraction of sp³-hybridized carbons (Fsp3) is 0.364. The maximum absolute atomic E-state index is 14.5. The highest BCUT2D eigenvalue weighted by atomic mass is 127. The Labute approximate surface area is 267 Å². The number of hydrogen-bond acceptors (Lipinski definition) is 6. The molecule has 2 aliphatic rings. The molecule has 1 saturated heterocycles. The lowest BCUT2D eigenvalue weighted by atomic mass is 9.82. The fourth-order valence-electron chi connectivity index (χ4n) is 7.14. The van der Waals surface area contributed by atoms with Crippen LogP contribution in [-0.4, -0.2) is 51.8 Å². The molecule has 3 aromatic carbocycles. The van der Waals surface area contributed by atoms with E-state index in [0.717, 1.165) is 25.9 Å². The monoisotopic (exact) mass is 708 g/mol. The zero-order valence-electron chi connectivity index (χ0n) is 24.6. The highest BCUT2D eigenvalue weighted by Gasteiger charge is 2.66. The average Bonchev–Trinajstić information content (AvgIpc) is 3.64. The van der Waals surface area contributed by atoms with Gasteiger partial charge in [-0.2, -0.15) is 0 Å². The first-order chi connectivity index (χ1) is 20.6. The van der Waals surface area contributed by atoms with E-state index in [-0.39, 0.29) is 36.0 Å². The summed E-state index contributed by atoms with van der Waals surface area (Å²) in [4.78, 5) is 28.0. The van der Waals surface area contributed by atoms with Gasteiger partial charge in [0.15, 0.2) is 13.9 Å². The van der Waals surface area contributed by atoms with Crippen LogP contribution in [0.4, 0.5) is 5.69 Å². The molecule has 43 heavy (non-hydrogen) atoms. The summed E-state index contributed by atoms with van der Waals surface area (Å²) in [7, 11) is -2.78. The number of nitrogens with zero attached hydrogens (tertiary/aromatic N) is 4. The summed E-state index contributed by atoms with van der Waals surface area (Å²) in [6.07, 6.45) is 2.10. The molecule has 2 N–H and O–H groups in total. The number of aliphatic hydroxyl groups is 1. The van der Waals surface area contributed by atoms with Gasteiger partial charge in [0, 0.05) is 33.3 Å². The van der Waals surface area contributed by atoms with Crippen LogP contribution in [0, 0.1) is 9.49 Å². The molecule has 3 heterocycles. The van der Waals surface area contributed by atoms with Gasteiger partial charge in [-0.1, -0.05) is 72.8 Å². The number of ether oxygens (including phenoxy) is 1. The molecule has 4 aromatic rings. The first-order valence-electron chi connectivity index (χ1n) is 14.8. The molecule has 1 aromatic heterocycles. The second kappa shape index (κ2) is 11.9. The molecule has 2 aliphatic heterocycles. The van der Waals surface area contributed by atoms with E-state index in [1.165, 1.54) is 0 Å². The Morgan fingerprint density at radius 3 is 2.44 bits per heavy atom. The number of carbonyl (C=O) groups excluding carboxylic acids is 1. The molecular formula is C33H37IN4O4Si. The van der Waals surface area contributed by atoms with Gasteiger partial charge in [-0.15, -0.1) is 5.10 Å². The molecule has 0 bridgehead atoms. The number of aromatic nitrogens is 3. The van der Waals surface area contributed by atoms with E-state index in [1.807, 2.05) is 97.0 Å². The maximum Gasteiger partial charge on any atom is 0.264 e. The molecule has 10 heteroatoms. The van der Waals surface area contributed by atoms with E-state index >= 15 is 0 Å².